The van der Waals surface area contributed by atoms with Gasteiger partial charge >= 0.3 is 0 Å². The summed E-state index contributed by atoms with van der Waals surface area (Å²) in [7, 11) is 0. The van der Waals surface area contributed by atoms with Crippen molar-refractivity contribution in [2.24, 2.45) is 0 Å². The van der Waals surface area contributed by atoms with Crippen LogP contribution < -0.4 is 5.32 Å². The lowest BCUT2D eigenvalue weighted by atomic mass is 10.0. The molecule has 0 aliphatic rings. The highest BCUT2D eigenvalue weighted by Crippen LogP contribution is 2.12. The quantitative estimate of drug-likeness (QED) is 0.0560. The van der Waals surface area contributed by atoms with Crippen molar-refractivity contribution in [3.05, 3.63) is 85.1 Å². The predicted octanol–water partition coefficient (Wildman–Crippen LogP) is 10.6. The van der Waals surface area contributed by atoms with Gasteiger partial charge in [-0.25, -0.2) is 0 Å². The Labute approximate surface area is 271 Å². The Hall–Kier alpha value is -2.43. The third kappa shape index (κ3) is 31.0. The second-order valence-corrected chi connectivity index (χ2v) is 11.6. The summed E-state index contributed by atoms with van der Waals surface area (Å²) < 4.78 is 0. The molecule has 0 saturated carbocycles. The Kier molecular flexibility index (Phi) is 33.1. The summed E-state index contributed by atoms with van der Waals surface area (Å²) in [6, 6.07) is -0.665. The number of amides is 1. The number of aliphatic hydroxyl groups excluding tert-OH is 2. The Morgan fingerprint density at radius 1 is 0.568 bits per heavy atom. The first kappa shape index (κ1) is 41.6. The average Bonchev–Trinajstić information content (AvgIpc) is 3.03. The van der Waals surface area contributed by atoms with Crippen molar-refractivity contribution < 1.29 is 15.0 Å². The van der Waals surface area contributed by atoms with Crippen LogP contribution in [0.3, 0.4) is 0 Å². The minimum absolute atomic E-state index is 0.151. The highest BCUT2D eigenvalue weighted by molar-refractivity contribution is 5.76. The molecule has 0 bridgehead atoms. The summed E-state index contributed by atoms with van der Waals surface area (Å²) in [5.41, 5.74) is 0. The standard InChI is InChI=1S/C40H67NO3/c1-3-5-7-9-11-13-15-17-18-19-20-21-22-24-26-28-30-32-34-36-40(44)41-38(37-42)39(43)35-33-31-29-27-25-23-16-14-12-10-8-6-4-2/h5,7,11,13,17-18,20-21,24,26,30,32-33,35,38-39,42-43H,3-4,6,8-10,12,14-16,19,22-23,25,27-29,31,34,36-37H2,1-2H3,(H,41,44). The smallest absolute Gasteiger partial charge is 0.220 e. The number of rotatable bonds is 30. The molecule has 0 aliphatic heterocycles. The van der Waals surface area contributed by atoms with E-state index in [1.807, 2.05) is 12.2 Å². The van der Waals surface area contributed by atoms with Gasteiger partial charge in [-0.2, -0.15) is 0 Å². The second-order valence-electron chi connectivity index (χ2n) is 11.6. The van der Waals surface area contributed by atoms with E-state index in [-0.39, 0.29) is 12.5 Å². The van der Waals surface area contributed by atoms with Gasteiger partial charge in [0, 0.05) is 6.42 Å². The third-order valence-electron chi connectivity index (χ3n) is 7.40. The molecule has 2 atom stereocenters. The predicted molar refractivity (Wildman–Crippen MR) is 193 cm³/mol. The lowest BCUT2D eigenvalue weighted by Crippen LogP contribution is -2.45. The van der Waals surface area contributed by atoms with Crippen LogP contribution in [-0.4, -0.2) is 34.9 Å². The molecule has 0 aromatic rings. The zero-order valence-electron chi connectivity index (χ0n) is 28.4. The van der Waals surface area contributed by atoms with Crippen LogP contribution >= 0.6 is 0 Å². The molecule has 0 saturated heterocycles. The first-order valence-corrected chi connectivity index (χ1v) is 17.8. The van der Waals surface area contributed by atoms with Crippen molar-refractivity contribution in [1.82, 2.24) is 5.32 Å². The molecule has 4 nitrogen and oxygen atoms in total. The van der Waals surface area contributed by atoms with Gasteiger partial charge in [-0.1, -0.05) is 163 Å². The van der Waals surface area contributed by atoms with Gasteiger partial charge in [-0.15, -0.1) is 0 Å². The topological polar surface area (TPSA) is 69.6 Å². The molecule has 44 heavy (non-hydrogen) atoms. The Balaban J connectivity index is 3.84. The second kappa shape index (κ2) is 35.1. The Morgan fingerprint density at radius 2 is 1.00 bits per heavy atom. The van der Waals surface area contributed by atoms with Gasteiger partial charge in [0.1, 0.15) is 0 Å². The van der Waals surface area contributed by atoms with Crippen molar-refractivity contribution in [2.45, 2.75) is 154 Å². The molecule has 0 spiro atoms. The number of carbonyl (C=O) groups excluding carboxylic acids is 1. The number of unbranched alkanes of at least 4 members (excludes halogenated alkanes) is 11. The molecule has 0 radical (unpaired) electrons. The zero-order chi connectivity index (χ0) is 32.2. The molecule has 0 aromatic heterocycles. The van der Waals surface area contributed by atoms with E-state index in [1.54, 1.807) is 6.08 Å². The molecule has 250 valence electrons. The van der Waals surface area contributed by atoms with E-state index in [9.17, 15) is 15.0 Å². The molecule has 0 rings (SSSR count). The third-order valence-corrected chi connectivity index (χ3v) is 7.40. The van der Waals surface area contributed by atoms with Crippen LogP contribution in [0.25, 0.3) is 0 Å². The van der Waals surface area contributed by atoms with E-state index in [0.717, 1.165) is 51.4 Å². The van der Waals surface area contributed by atoms with Gasteiger partial charge in [0.25, 0.3) is 0 Å². The van der Waals surface area contributed by atoms with Crippen LogP contribution in [0.15, 0.2) is 85.1 Å². The average molecular weight is 610 g/mol. The van der Waals surface area contributed by atoms with Crippen LogP contribution in [0, 0.1) is 0 Å². The van der Waals surface area contributed by atoms with Crippen molar-refractivity contribution in [2.75, 3.05) is 6.61 Å². The molecule has 3 N–H and O–H groups in total. The van der Waals surface area contributed by atoms with Crippen molar-refractivity contribution in [3.63, 3.8) is 0 Å². The first-order valence-electron chi connectivity index (χ1n) is 17.8. The van der Waals surface area contributed by atoms with Crippen LogP contribution in [0.2, 0.25) is 0 Å². The Bertz CT molecular complexity index is 834. The summed E-state index contributed by atoms with van der Waals surface area (Å²) in [6.07, 6.45) is 51.0. The molecular formula is C40H67NO3. The van der Waals surface area contributed by atoms with Gasteiger partial charge in [-0.3, -0.25) is 4.79 Å². The van der Waals surface area contributed by atoms with Gasteiger partial charge in [0.2, 0.25) is 5.91 Å². The van der Waals surface area contributed by atoms with Crippen LogP contribution in [0.5, 0.6) is 0 Å². The monoisotopic (exact) mass is 610 g/mol. The van der Waals surface area contributed by atoms with E-state index >= 15 is 0 Å². The molecule has 4 heteroatoms. The van der Waals surface area contributed by atoms with E-state index in [1.165, 1.54) is 64.2 Å². The molecule has 1 amide bonds. The number of hydrogen-bond donors (Lipinski definition) is 3. The minimum Gasteiger partial charge on any atom is -0.394 e. The molecule has 0 heterocycles. The zero-order valence-corrected chi connectivity index (χ0v) is 28.4. The SMILES string of the molecule is CCC=CCC=CCC=CCC=CCC=CCC=CCCC(=O)NC(CO)C(O)C=CCCCCCCCCCCCCC. The van der Waals surface area contributed by atoms with E-state index < -0.39 is 12.1 Å². The molecule has 2 unspecified atom stereocenters. The lowest BCUT2D eigenvalue weighted by molar-refractivity contribution is -0.122. The number of carbonyl (C=O) groups is 1. The fraction of sp³-hybridized carbons (Fsp3) is 0.625. The summed E-state index contributed by atoms with van der Waals surface area (Å²) >= 11 is 0. The van der Waals surface area contributed by atoms with E-state index in [4.69, 9.17) is 0 Å². The fourth-order valence-corrected chi connectivity index (χ4v) is 4.67. The summed E-state index contributed by atoms with van der Waals surface area (Å²) in [5, 5.41) is 22.8. The first-order chi connectivity index (χ1) is 21.7. The van der Waals surface area contributed by atoms with Gasteiger partial charge in [-0.05, 0) is 57.8 Å². The summed E-state index contributed by atoms with van der Waals surface area (Å²) in [4.78, 5) is 12.3. The summed E-state index contributed by atoms with van der Waals surface area (Å²) in [5.74, 6) is -0.151. The number of hydrogen-bond acceptors (Lipinski definition) is 3. The maximum Gasteiger partial charge on any atom is 0.220 e. The number of aliphatic hydroxyl groups is 2. The molecule has 0 aliphatic carbocycles. The van der Waals surface area contributed by atoms with Crippen molar-refractivity contribution in [1.29, 1.82) is 0 Å². The van der Waals surface area contributed by atoms with Crippen molar-refractivity contribution in [3.8, 4) is 0 Å². The largest absolute Gasteiger partial charge is 0.394 e. The highest BCUT2D eigenvalue weighted by Gasteiger charge is 2.17. The van der Waals surface area contributed by atoms with E-state index in [0.29, 0.717) is 12.8 Å². The number of nitrogens with one attached hydrogen (secondary N) is 1. The lowest BCUT2D eigenvalue weighted by Gasteiger charge is -2.19. The molecular weight excluding hydrogens is 542 g/mol. The van der Waals surface area contributed by atoms with Gasteiger partial charge in [0.05, 0.1) is 18.8 Å². The number of allylic oxidation sites excluding steroid dienone is 13. The van der Waals surface area contributed by atoms with Crippen molar-refractivity contribution >= 4 is 5.91 Å². The fourth-order valence-electron chi connectivity index (χ4n) is 4.67. The van der Waals surface area contributed by atoms with E-state index in [2.05, 4.69) is 86.0 Å². The normalized spacial score (nSPS) is 14.2. The van der Waals surface area contributed by atoms with Crippen LogP contribution in [0.1, 0.15) is 142 Å². The van der Waals surface area contributed by atoms with Crippen LogP contribution in [0.4, 0.5) is 0 Å². The molecule has 0 fully saturated rings. The molecule has 0 aromatic carbocycles. The summed E-state index contributed by atoms with van der Waals surface area (Å²) in [6.45, 7) is 4.13. The van der Waals surface area contributed by atoms with Crippen LogP contribution in [-0.2, 0) is 4.79 Å². The highest BCUT2D eigenvalue weighted by atomic mass is 16.3. The maximum atomic E-state index is 12.3. The van der Waals surface area contributed by atoms with Gasteiger partial charge in [0.15, 0.2) is 0 Å². The maximum absolute atomic E-state index is 12.3. The Morgan fingerprint density at radius 3 is 1.45 bits per heavy atom. The minimum atomic E-state index is -0.873. The van der Waals surface area contributed by atoms with Gasteiger partial charge < -0.3 is 15.5 Å².